The van der Waals surface area contributed by atoms with Gasteiger partial charge in [0.2, 0.25) is 5.88 Å². The van der Waals surface area contributed by atoms with Crippen molar-refractivity contribution in [1.29, 1.82) is 0 Å². The maximum Gasteiger partial charge on any atom is 0.349 e. The minimum absolute atomic E-state index is 0.00507. The number of carbonyl (C=O) groups is 2. The summed E-state index contributed by atoms with van der Waals surface area (Å²) in [5.41, 5.74) is 12.4. The van der Waals surface area contributed by atoms with Gasteiger partial charge in [-0.1, -0.05) is 0 Å². The fourth-order valence-corrected chi connectivity index (χ4v) is 2.58. The van der Waals surface area contributed by atoms with Crippen LogP contribution in [0.4, 0.5) is 0 Å². The third kappa shape index (κ3) is 2.73. The van der Waals surface area contributed by atoms with Crippen LogP contribution in [0, 0.1) is 0 Å². The Morgan fingerprint density at radius 2 is 2.13 bits per heavy atom. The summed E-state index contributed by atoms with van der Waals surface area (Å²) in [7, 11) is 0. The molecule has 0 amide bonds. The van der Waals surface area contributed by atoms with E-state index in [1.165, 1.54) is 12.1 Å². The van der Waals surface area contributed by atoms with Crippen molar-refractivity contribution >= 4 is 22.8 Å². The van der Waals surface area contributed by atoms with Crippen molar-refractivity contribution in [3.63, 3.8) is 0 Å². The number of hydrogen-bond donors (Lipinski definition) is 3. The lowest BCUT2D eigenvalue weighted by molar-refractivity contribution is -0.146. The van der Waals surface area contributed by atoms with E-state index in [-0.39, 0.29) is 24.5 Å². The summed E-state index contributed by atoms with van der Waals surface area (Å²) in [5, 5.41) is 10.3. The predicted octanol–water partition coefficient (Wildman–Crippen LogP) is -0.170. The summed E-state index contributed by atoms with van der Waals surface area (Å²) in [6, 6.07) is 3.61. The van der Waals surface area contributed by atoms with Crippen LogP contribution >= 0.6 is 0 Å². The molecule has 1 aromatic heterocycles. The molecule has 23 heavy (non-hydrogen) atoms. The largest absolute Gasteiger partial charge is 0.508 e. The Kier molecular flexibility index (Phi) is 3.93. The van der Waals surface area contributed by atoms with Crippen molar-refractivity contribution in [2.75, 3.05) is 6.54 Å². The van der Waals surface area contributed by atoms with Gasteiger partial charge in [0.25, 0.3) is 0 Å². The molecular weight excluding hydrogens is 302 g/mol. The fraction of sp³-hybridized carbons (Fsp3) is 0.333. The number of benzene rings is 1. The zero-order valence-electron chi connectivity index (χ0n) is 12.3. The molecule has 0 saturated carbocycles. The van der Waals surface area contributed by atoms with E-state index in [0.717, 1.165) is 4.73 Å². The zero-order chi connectivity index (χ0) is 16.6. The number of hydrogen-bond acceptors (Lipinski definition) is 7. The van der Waals surface area contributed by atoms with Crippen LogP contribution in [0.2, 0.25) is 0 Å². The lowest BCUT2D eigenvalue weighted by Gasteiger charge is -2.11. The van der Waals surface area contributed by atoms with Crippen LogP contribution in [0.1, 0.15) is 18.4 Å². The molecule has 2 heterocycles. The van der Waals surface area contributed by atoms with Crippen LogP contribution in [-0.2, 0) is 16.0 Å². The van der Waals surface area contributed by atoms with Gasteiger partial charge in [-0.15, -0.1) is 4.73 Å². The average molecular weight is 319 g/mol. The third-order valence-corrected chi connectivity index (χ3v) is 3.71. The third-order valence-electron chi connectivity index (χ3n) is 3.71. The molecule has 3 rings (SSSR count). The van der Waals surface area contributed by atoms with Crippen molar-refractivity contribution in [3.05, 3.63) is 23.8 Å². The molecule has 0 spiro atoms. The highest BCUT2D eigenvalue weighted by molar-refractivity contribution is 5.90. The number of ether oxygens (including phenoxy) is 1. The average Bonchev–Trinajstić information content (AvgIpc) is 2.80. The highest BCUT2D eigenvalue weighted by atomic mass is 16.7. The number of fused-ring (bicyclic) bond motifs is 3. The molecular formula is C15H17N3O5. The van der Waals surface area contributed by atoms with Crippen LogP contribution < -0.4 is 21.0 Å². The fourth-order valence-electron chi connectivity index (χ4n) is 2.58. The lowest BCUT2D eigenvalue weighted by atomic mass is 10.1. The number of phenolic OH excluding ortho intramolecular Hbond substituents is 1. The van der Waals surface area contributed by atoms with Gasteiger partial charge in [0.05, 0.1) is 5.52 Å². The van der Waals surface area contributed by atoms with Gasteiger partial charge in [-0.3, -0.25) is 4.79 Å². The smallest absolute Gasteiger partial charge is 0.349 e. The van der Waals surface area contributed by atoms with Gasteiger partial charge in [0, 0.05) is 17.4 Å². The summed E-state index contributed by atoms with van der Waals surface area (Å²) < 4.78 is 6.52. The molecule has 1 aromatic carbocycles. The molecule has 122 valence electrons. The van der Waals surface area contributed by atoms with E-state index in [1.807, 2.05) is 0 Å². The van der Waals surface area contributed by atoms with Crippen LogP contribution in [0.25, 0.3) is 10.9 Å². The van der Waals surface area contributed by atoms with Gasteiger partial charge in [-0.25, -0.2) is 4.79 Å². The summed E-state index contributed by atoms with van der Waals surface area (Å²) in [6.45, 7) is 0.298. The SMILES string of the molecule is NCCc1c2n(c3ccc(O)cc13)OC(=O)[C@H](N)CCC(=O)O2. The molecule has 1 atom stereocenters. The maximum atomic E-state index is 12.1. The number of carbonyl (C=O) groups excluding carboxylic acids is 2. The Hall–Kier alpha value is -2.58. The monoisotopic (exact) mass is 319 g/mol. The van der Waals surface area contributed by atoms with E-state index < -0.39 is 18.0 Å². The van der Waals surface area contributed by atoms with Crippen molar-refractivity contribution in [1.82, 2.24) is 4.73 Å². The second-order valence-corrected chi connectivity index (χ2v) is 5.35. The highest BCUT2D eigenvalue weighted by Crippen LogP contribution is 2.34. The van der Waals surface area contributed by atoms with Gasteiger partial charge in [0.15, 0.2) is 0 Å². The number of aromatic hydroxyl groups is 1. The van der Waals surface area contributed by atoms with Gasteiger partial charge in [-0.05, 0) is 37.6 Å². The van der Waals surface area contributed by atoms with Gasteiger partial charge < -0.3 is 26.1 Å². The minimum Gasteiger partial charge on any atom is -0.508 e. The molecule has 0 radical (unpaired) electrons. The lowest BCUT2D eigenvalue weighted by Crippen LogP contribution is -2.37. The molecule has 1 aliphatic rings. The molecule has 0 bridgehead atoms. The Bertz CT molecular complexity index is 783. The Morgan fingerprint density at radius 1 is 1.35 bits per heavy atom. The van der Waals surface area contributed by atoms with Gasteiger partial charge >= 0.3 is 11.9 Å². The standard InChI is InChI=1S/C15H17N3O5/c16-6-5-9-10-7-8(19)1-3-12(10)18-14(9)22-13(20)4-2-11(17)15(21)23-18/h1,3,7,11,19H,2,4-6,16-17H2/t11-/m1/s1. The number of esters is 1. The van der Waals surface area contributed by atoms with E-state index in [9.17, 15) is 14.7 Å². The Balaban J connectivity index is 2.24. The zero-order valence-corrected chi connectivity index (χ0v) is 12.3. The predicted molar refractivity (Wildman–Crippen MR) is 80.8 cm³/mol. The topological polar surface area (TPSA) is 130 Å². The van der Waals surface area contributed by atoms with Gasteiger partial charge in [-0.2, -0.15) is 0 Å². The molecule has 0 saturated heterocycles. The molecule has 1 aliphatic heterocycles. The second kappa shape index (κ2) is 5.90. The van der Waals surface area contributed by atoms with Crippen molar-refractivity contribution < 1.29 is 24.3 Å². The molecule has 5 N–H and O–H groups in total. The second-order valence-electron chi connectivity index (χ2n) is 5.35. The quantitative estimate of drug-likeness (QED) is 0.655. The summed E-state index contributed by atoms with van der Waals surface area (Å²) in [5.74, 6) is -1.02. The Morgan fingerprint density at radius 3 is 2.87 bits per heavy atom. The van der Waals surface area contributed by atoms with Gasteiger partial charge in [0.1, 0.15) is 11.8 Å². The van der Waals surface area contributed by atoms with E-state index in [4.69, 9.17) is 21.0 Å². The first-order valence-corrected chi connectivity index (χ1v) is 7.26. The van der Waals surface area contributed by atoms with Crippen molar-refractivity contribution in [2.24, 2.45) is 11.5 Å². The minimum atomic E-state index is -0.916. The van der Waals surface area contributed by atoms with E-state index in [0.29, 0.717) is 29.4 Å². The first-order valence-electron chi connectivity index (χ1n) is 7.26. The number of phenols is 1. The molecule has 0 unspecified atom stereocenters. The number of nitrogens with two attached hydrogens (primary N) is 2. The van der Waals surface area contributed by atoms with Crippen molar-refractivity contribution in [3.8, 4) is 11.6 Å². The highest BCUT2D eigenvalue weighted by Gasteiger charge is 2.28. The van der Waals surface area contributed by atoms with E-state index in [2.05, 4.69) is 0 Å². The Labute approximate surface area is 131 Å². The van der Waals surface area contributed by atoms with Crippen LogP contribution in [0.3, 0.4) is 0 Å². The molecule has 8 heteroatoms. The molecule has 0 aliphatic carbocycles. The molecule has 2 aromatic rings. The molecule has 8 nitrogen and oxygen atoms in total. The first kappa shape index (κ1) is 15.3. The van der Waals surface area contributed by atoms with Crippen LogP contribution in [-0.4, -0.2) is 34.4 Å². The normalized spacial score (nSPS) is 18.6. The van der Waals surface area contributed by atoms with E-state index in [1.54, 1.807) is 6.07 Å². The van der Waals surface area contributed by atoms with E-state index >= 15 is 0 Å². The first-order chi connectivity index (χ1) is 11.0. The summed E-state index contributed by atoms with van der Waals surface area (Å²) in [6.07, 6.45) is 0.539. The number of nitrogens with zero attached hydrogens (tertiary/aromatic N) is 1. The molecule has 0 fully saturated rings. The maximum absolute atomic E-state index is 12.1. The number of rotatable bonds is 2. The van der Waals surface area contributed by atoms with Crippen LogP contribution in [0.5, 0.6) is 11.6 Å². The van der Waals surface area contributed by atoms with Crippen molar-refractivity contribution in [2.45, 2.75) is 25.3 Å². The van der Waals surface area contributed by atoms with Crippen LogP contribution in [0.15, 0.2) is 18.2 Å². The summed E-state index contributed by atoms with van der Waals surface area (Å²) in [4.78, 5) is 29.3. The number of aromatic nitrogens is 1. The summed E-state index contributed by atoms with van der Waals surface area (Å²) >= 11 is 0.